The summed E-state index contributed by atoms with van der Waals surface area (Å²) >= 11 is 0. The number of aromatic nitrogens is 3. The van der Waals surface area contributed by atoms with Gasteiger partial charge in [-0.3, -0.25) is 0 Å². The van der Waals surface area contributed by atoms with E-state index in [1.54, 1.807) is 0 Å². The van der Waals surface area contributed by atoms with Gasteiger partial charge in [0.15, 0.2) is 0 Å². The Kier molecular flexibility index (Phi) is 6.88. The van der Waals surface area contributed by atoms with Crippen molar-refractivity contribution < 1.29 is 9.84 Å². The SMILES string of the molecule is CC(C)Oc1nc(N)nc(NCCCCCCO)n1. The third-order valence-corrected chi connectivity index (χ3v) is 2.34. The van der Waals surface area contributed by atoms with Crippen LogP contribution in [0.2, 0.25) is 0 Å². The van der Waals surface area contributed by atoms with Crippen LogP contribution in [0, 0.1) is 0 Å². The van der Waals surface area contributed by atoms with Crippen LogP contribution in [0.15, 0.2) is 0 Å². The maximum atomic E-state index is 8.66. The van der Waals surface area contributed by atoms with E-state index in [9.17, 15) is 0 Å². The minimum atomic E-state index is -0.00636. The molecule has 19 heavy (non-hydrogen) atoms. The quantitative estimate of drug-likeness (QED) is 0.578. The highest BCUT2D eigenvalue weighted by atomic mass is 16.5. The molecule has 0 aliphatic heterocycles. The molecule has 0 spiro atoms. The molecular weight excluding hydrogens is 246 g/mol. The molecule has 0 saturated heterocycles. The largest absolute Gasteiger partial charge is 0.461 e. The van der Waals surface area contributed by atoms with Crippen LogP contribution in [-0.4, -0.2) is 39.3 Å². The summed E-state index contributed by atoms with van der Waals surface area (Å²) in [4.78, 5) is 12.0. The Hall–Kier alpha value is -1.63. The fourth-order valence-corrected chi connectivity index (χ4v) is 1.51. The van der Waals surface area contributed by atoms with Crippen LogP contribution >= 0.6 is 0 Å². The van der Waals surface area contributed by atoms with Gasteiger partial charge in [-0.2, -0.15) is 15.0 Å². The molecule has 7 heteroatoms. The van der Waals surface area contributed by atoms with E-state index >= 15 is 0 Å². The molecule has 0 fully saturated rings. The number of unbranched alkanes of at least 4 members (excludes halogenated alkanes) is 3. The number of ether oxygens (including phenoxy) is 1. The van der Waals surface area contributed by atoms with Gasteiger partial charge in [0.2, 0.25) is 11.9 Å². The minimum absolute atomic E-state index is 0.00636. The van der Waals surface area contributed by atoms with E-state index in [0.717, 1.165) is 32.2 Å². The number of nitrogens with two attached hydrogens (primary N) is 1. The number of hydrogen-bond acceptors (Lipinski definition) is 7. The van der Waals surface area contributed by atoms with Gasteiger partial charge in [0, 0.05) is 13.2 Å². The molecule has 7 nitrogen and oxygen atoms in total. The third kappa shape index (κ3) is 6.76. The summed E-state index contributed by atoms with van der Waals surface area (Å²) in [6.45, 7) is 4.81. The first-order chi connectivity index (χ1) is 9.11. The van der Waals surface area contributed by atoms with Gasteiger partial charge in [0.05, 0.1) is 6.10 Å². The van der Waals surface area contributed by atoms with Gasteiger partial charge in [-0.25, -0.2) is 0 Å². The van der Waals surface area contributed by atoms with Gasteiger partial charge >= 0.3 is 6.01 Å². The average molecular weight is 269 g/mol. The highest BCUT2D eigenvalue weighted by molar-refractivity contribution is 5.32. The molecule has 4 N–H and O–H groups in total. The Balaban J connectivity index is 2.38. The first kappa shape index (κ1) is 15.4. The van der Waals surface area contributed by atoms with Crippen molar-refractivity contribution in [2.45, 2.75) is 45.6 Å². The van der Waals surface area contributed by atoms with Crippen LogP contribution in [0.1, 0.15) is 39.5 Å². The molecule has 1 aromatic rings. The molecule has 1 heterocycles. The first-order valence-electron chi connectivity index (χ1n) is 6.64. The molecule has 0 atom stereocenters. The van der Waals surface area contributed by atoms with Crippen molar-refractivity contribution in [1.29, 1.82) is 0 Å². The van der Waals surface area contributed by atoms with Crippen LogP contribution < -0.4 is 15.8 Å². The van der Waals surface area contributed by atoms with Crippen molar-refractivity contribution in [1.82, 2.24) is 15.0 Å². The van der Waals surface area contributed by atoms with Crippen LogP contribution in [0.5, 0.6) is 6.01 Å². The molecule has 0 unspecified atom stereocenters. The van der Waals surface area contributed by atoms with Crippen molar-refractivity contribution >= 4 is 11.9 Å². The number of nitrogens with one attached hydrogen (secondary N) is 1. The second-order valence-corrected chi connectivity index (χ2v) is 4.53. The van der Waals surface area contributed by atoms with Crippen LogP contribution in [0.4, 0.5) is 11.9 Å². The lowest BCUT2D eigenvalue weighted by molar-refractivity contribution is 0.222. The summed E-state index contributed by atoms with van der Waals surface area (Å²) in [7, 11) is 0. The fraction of sp³-hybridized carbons (Fsp3) is 0.750. The van der Waals surface area contributed by atoms with Crippen molar-refractivity contribution in [2.24, 2.45) is 0 Å². The smallest absolute Gasteiger partial charge is 0.323 e. The second-order valence-electron chi connectivity index (χ2n) is 4.53. The Labute approximate surface area is 113 Å². The monoisotopic (exact) mass is 269 g/mol. The molecule has 0 aliphatic rings. The molecule has 1 aromatic heterocycles. The topological polar surface area (TPSA) is 106 Å². The normalized spacial score (nSPS) is 10.7. The molecule has 0 aromatic carbocycles. The molecule has 0 aliphatic carbocycles. The summed E-state index contributed by atoms with van der Waals surface area (Å²) in [5.41, 5.74) is 5.60. The van der Waals surface area contributed by atoms with E-state index in [1.807, 2.05) is 13.8 Å². The molecule has 0 radical (unpaired) electrons. The Morgan fingerprint density at radius 2 is 1.89 bits per heavy atom. The summed E-state index contributed by atoms with van der Waals surface area (Å²) in [5.74, 6) is 0.582. The minimum Gasteiger partial charge on any atom is -0.461 e. The number of aliphatic hydroxyl groups excluding tert-OH is 1. The highest BCUT2D eigenvalue weighted by Crippen LogP contribution is 2.10. The maximum Gasteiger partial charge on any atom is 0.323 e. The average Bonchev–Trinajstić information content (AvgIpc) is 2.32. The Morgan fingerprint density at radius 1 is 1.16 bits per heavy atom. The molecule has 1 rings (SSSR count). The fourth-order valence-electron chi connectivity index (χ4n) is 1.51. The third-order valence-electron chi connectivity index (χ3n) is 2.34. The molecule has 0 amide bonds. The van der Waals surface area contributed by atoms with E-state index in [0.29, 0.717) is 5.95 Å². The summed E-state index contributed by atoms with van der Waals surface area (Å²) in [6, 6.07) is 0.241. The van der Waals surface area contributed by atoms with Crippen molar-refractivity contribution in [3.8, 4) is 6.01 Å². The second kappa shape index (κ2) is 8.47. The lowest BCUT2D eigenvalue weighted by Crippen LogP contribution is -2.13. The number of nitrogen functional groups attached to an aromatic ring is 1. The number of hydrogen-bond donors (Lipinski definition) is 3. The molecular formula is C12H23N5O2. The van der Waals surface area contributed by atoms with Crippen molar-refractivity contribution in [3.63, 3.8) is 0 Å². The Morgan fingerprint density at radius 3 is 2.58 bits per heavy atom. The molecule has 0 bridgehead atoms. The van der Waals surface area contributed by atoms with Crippen LogP contribution in [-0.2, 0) is 0 Å². The van der Waals surface area contributed by atoms with Gasteiger partial charge < -0.3 is 20.9 Å². The van der Waals surface area contributed by atoms with E-state index in [-0.39, 0.29) is 24.7 Å². The summed E-state index contributed by atoms with van der Waals surface area (Å²) in [6.07, 6.45) is 3.92. The van der Waals surface area contributed by atoms with Gasteiger partial charge in [-0.05, 0) is 26.7 Å². The summed E-state index contributed by atoms with van der Waals surface area (Å²) < 4.78 is 5.39. The Bertz CT molecular complexity index is 373. The van der Waals surface area contributed by atoms with Crippen molar-refractivity contribution in [2.75, 3.05) is 24.2 Å². The lowest BCUT2D eigenvalue weighted by Gasteiger charge is -2.10. The van der Waals surface area contributed by atoms with E-state index < -0.39 is 0 Å². The molecule has 108 valence electrons. The van der Waals surface area contributed by atoms with Crippen LogP contribution in [0.25, 0.3) is 0 Å². The lowest BCUT2D eigenvalue weighted by atomic mass is 10.2. The zero-order valence-electron chi connectivity index (χ0n) is 11.6. The standard InChI is InChI=1S/C12H23N5O2/c1-9(2)19-12-16-10(13)15-11(17-12)14-7-5-3-4-6-8-18/h9,18H,3-8H2,1-2H3,(H3,13,14,15,16,17). The van der Waals surface area contributed by atoms with Gasteiger partial charge in [0.1, 0.15) is 0 Å². The zero-order chi connectivity index (χ0) is 14.1. The van der Waals surface area contributed by atoms with Gasteiger partial charge in [-0.1, -0.05) is 12.8 Å². The van der Waals surface area contributed by atoms with E-state index in [2.05, 4.69) is 20.3 Å². The predicted octanol–water partition coefficient (Wildman–Crippen LogP) is 1.21. The van der Waals surface area contributed by atoms with Gasteiger partial charge in [0.25, 0.3) is 0 Å². The number of aliphatic hydroxyl groups is 1. The zero-order valence-corrected chi connectivity index (χ0v) is 11.6. The predicted molar refractivity (Wildman–Crippen MR) is 74.0 cm³/mol. The van der Waals surface area contributed by atoms with Crippen molar-refractivity contribution in [3.05, 3.63) is 0 Å². The van der Waals surface area contributed by atoms with E-state index in [4.69, 9.17) is 15.6 Å². The van der Waals surface area contributed by atoms with Crippen LogP contribution in [0.3, 0.4) is 0 Å². The van der Waals surface area contributed by atoms with Gasteiger partial charge in [-0.15, -0.1) is 0 Å². The number of nitrogens with zero attached hydrogens (tertiary/aromatic N) is 3. The maximum absolute atomic E-state index is 8.66. The van der Waals surface area contributed by atoms with E-state index in [1.165, 1.54) is 0 Å². The first-order valence-corrected chi connectivity index (χ1v) is 6.64. The molecule has 0 saturated carbocycles. The summed E-state index contributed by atoms with van der Waals surface area (Å²) in [5, 5.41) is 11.8. The number of anilines is 2. The highest BCUT2D eigenvalue weighted by Gasteiger charge is 2.06. The number of rotatable bonds is 9.